The standard InChI is InChI=1S/C20H18NOP/c1-17-12-14-18(15-13-17)16-21-23(22,19-8-4-2-5-9-19)20-10-6-3-7-11-20/h2-16H,1H3/b21-16-. The first-order valence-electron chi connectivity index (χ1n) is 7.52. The monoisotopic (exact) mass is 319 g/mol. The zero-order valence-electron chi connectivity index (χ0n) is 13.0. The average molecular weight is 319 g/mol. The van der Waals surface area contributed by atoms with Crippen LogP contribution in [0.5, 0.6) is 0 Å². The fourth-order valence-electron chi connectivity index (χ4n) is 2.34. The van der Waals surface area contributed by atoms with Crippen LogP contribution in [0.4, 0.5) is 0 Å². The molecule has 3 rings (SSSR count). The van der Waals surface area contributed by atoms with E-state index in [0.717, 1.165) is 16.2 Å². The molecule has 0 atom stereocenters. The molecule has 114 valence electrons. The molecule has 0 aliphatic rings. The minimum atomic E-state index is -3.03. The van der Waals surface area contributed by atoms with Gasteiger partial charge in [0.05, 0.1) is 0 Å². The minimum absolute atomic E-state index is 0.745. The van der Waals surface area contributed by atoms with Crippen molar-refractivity contribution in [3.05, 3.63) is 96.1 Å². The number of hydrogen-bond donors (Lipinski definition) is 0. The highest BCUT2D eigenvalue weighted by Crippen LogP contribution is 2.44. The molecule has 0 fully saturated rings. The van der Waals surface area contributed by atoms with Crippen LogP contribution >= 0.6 is 7.29 Å². The molecule has 0 aliphatic heterocycles. The topological polar surface area (TPSA) is 29.4 Å². The molecule has 0 N–H and O–H groups in total. The third-order valence-corrected chi connectivity index (χ3v) is 6.10. The molecule has 3 aromatic rings. The van der Waals surface area contributed by atoms with Gasteiger partial charge in [0.1, 0.15) is 0 Å². The number of aryl methyl sites for hydroxylation is 1. The predicted octanol–water partition coefficient (Wildman–Crippen LogP) is 4.34. The quantitative estimate of drug-likeness (QED) is 0.519. The molecule has 0 spiro atoms. The van der Waals surface area contributed by atoms with E-state index in [0.29, 0.717) is 0 Å². The van der Waals surface area contributed by atoms with E-state index in [9.17, 15) is 4.57 Å². The van der Waals surface area contributed by atoms with Crippen molar-refractivity contribution < 1.29 is 4.57 Å². The summed E-state index contributed by atoms with van der Waals surface area (Å²) < 4.78 is 18.2. The van der Waals surface area contributed by atoms with Crippen molar-refractivity contribution >= 4 is 24.1 Å². The van der Waals surface area contributed by atoms with Crippen molar-refractivity contribution in [1.29, 1.82) is 0 Å². The first-order chi connectivity index (χ1) is 11.2. The van der Waals surface area contributed by atoms with Crippen LogP contribution in [-0.4, -0.2) is 6.21 Å². The van der Waals surface area contributed by atoms with Crippen molar-refractivity contribution in [3.8, 4) is 0 Å². The predicted molar refractivity (Wildman–Crippen MR) is 98.5 cm³/mol. The van der Waals surface area contributed by atoms with E-state index in [1.54, 1.807) is 6.21 Å². The summed E-state index contributed by atoms with van der Waals surface area (Å²) in [6.07, 6.45) is 1.71. The Morgan fingerprint density at radius 3 is 1.70 bits per heavy atom. The summed E-state index contributed by atoms with van der Waals surface area (Å²) >= 11 is 0. The van der Waals surface area contributed by atoms with Gasteiger partial charge in [0.25, 0.3) is 0 Å². The lowest BCUT2D eigenvalue weighted by atomic mass is 10.2. The van der Waals surface area contributed by atoms with Gasteiger partial charge in [-0.1, -0.05) is 66.2 Å². The second-order valence-electron chi connectivity index (χ2n) is 5.40. The van der Waals surface area contributed by atoms with E-state index in [1.165, 1.54) is 5.56 Å². The molecular weight excluding hydrogens is 301 g/mol. The van der Waals surface area contributed by atoms with E-state index < -0.39 is 7.29 Å². The van der Waals surface area contributed by atoms with Crippen LogP contribution in [0.25, 0.3) is 0 Å². The lowest BCUT2D eigenvalue weighted by Gasteiger charge is -2.14. The van der Waals surface area contributed by atoms with Crippen LogP contribution in [0.3, 0.4) is 0 Å². The normalized spacial score (nSPS) is 11.7. The van der Waals surface area contributed by atoms with Crippen molar-refractivity contribution in [2.45, 2.75) is 6.92 Å². The Kier molecular flexibility index (Phi) is 4.55. The number of nitrogens with zero attached hydrogens (tertiary/aromatic N) is 1. The van der Waals surface area contributed by atoms with Crippen molar-refractivity contribution in [2.24, 2.45) is 4.76 Å². The van der Waals surface area contributed by atoms with Crippen LogP contribution < -0.4 is 10.6 Å². The SMILES string of the molecule is Cc1ccc(/C=N\P(=O)(c2ccccc2)c2ccccc2)cc1. The highest BCUT2D eigenvalue weighted by Gasteiger charge is 2.25. The highest BCUT2D eigenvalue weighted by molar-refractivity contribution is 7.77. The molecule has 0 amide bonds. The second kappa shape index (κ2) is 6.76. The van der Waals surface area contributed by atoms with E-state index in [4.69, 9.17) is 0 Å². The van der Waals surface area contributed by atoms with E-state index in [2.05, 4.69) is 4.76 Å². The molecule has 0 saturated heterocycles. The molecule has 2 nitrogen and oxygen atoms in total. The summed E-state index contributed by atoms with van der Waals surface area (Å²) in [6.45, 7) is 2.04. The van der Waals surface area contributed by atoms with E-state index in [1.807, 2.05) is 91.9 Å². The third kappa shape index (κ3) is 3.49. The van der Waals surface area contributed by atoms with Gasteiger partial charge in [0.15, 0.2) is 0 Å². The molecule has 0 heterocycles. The molecule has 0 radical (unpaired) electrons. The molecule has 0 saturated carbocycles. The van der Waals surface area contributed by atoms with Crippen molar-refractivity contribution in [1.82, 2.24) is 0 Å². The van der Waals surface area contributed by atoms with Gasteiger partial charge in [-0.25, -0.2) is 4.76 Å². The molecule has 3 aromatic carbocycles. The summed E-state index contributed by atoms with van der Waals surface area (Å²) in [4.78, 5) is 0. The van der Waals surface area contributed by atoms with Gasteiger partial charge in [-0.15, -0.1) is 0 Å². The fourth-order valence-corrected chi connectivity index (χ4v) is 4.36. The van der Waals surface area contributed by atoms with Crippen LogP contribution in [0.2, 0.25) is 0 Å². The Morgan fingerprint density at radius 2 is 1.22 bits per heavy atom. The van der Waals surface area contributed by atoms with Gasteiger partial charge in [-0.05, 0) is 36.8 Å². The van der Waals surface area contributed by atoms with Crippen LogP contribution in [0, 0.1) is 6.92 Å². The zero-order valence-corrected chi connectivity index (χ0v) is 13.9. The maximum absolute atomic E-state index is 13.7. The Balaban J connectivity index is 2.06. The Labute approximate surface area is 137 Å². The lowest BCUT2D eigenvalue weighted by Crippen LogP contribution is -2.14. The molecule has 0 aromatic heterocycles. The number of rotatable bonds is 4. The smallest absolute Gasteiger partial charge is 0.247 e. The largest absolute Gasteiger partial charge is 0.288 e. The molecule has 0 aliphatic carbocycles. The lowest BCUT2D eigenvalue weighted by molar-refractivity contribution is 0.588. The van der Waals surface area contributed by atoms with Gasteiger partial charge < -0.3 is 0 Å². The molecule has 3 heteroatoms. The summed E-state index contributed by atoms with van der Waals surface area (Å²) in [5, 5.41) is 1.49. The van der Waals surface area contributed by atoms with Gasteiger partial charge in [-0.3, -0.25) is 4.57 Å². The first kappa shape index (κ1) is 15.5. The van der Waals surface area contributed by atoms with Gasteiger partial charge in [0.2, 0.25) is 7.29 Å². The summed E-state index contributed by atoms with van der Waals surface area (Å²) in [5.41, 5.74) is 2.14. The Bertz CT molecular complexity index is 796. The number of hydrogen-bond acceptors (Lipinski definition) is 1. The summed E-state index contributed by atoms with van der Waals surface area (Å²) in [6, 6.07) is 26.9. The van der Waals surface area contributed by atoms with E-state index >= 15 is 0 Å². The van der Waals surface area contributed by atoms with Crippen LogP contribution in [0.15, 0.2) is 89.7 Å². The minimum Gasteiger partial charge on any atom is -0.288 e. The summed E-state index contributed by atoms with van der Waals surface area (Å²) in [7, 11) is -3.03. The van der Waals surface area contributed by atoms with Crippen LogP contribution in [-0.2, 0) is 4.57 Å². The third-order valence-electron chi connectivity index (χ3n) is 3.66. The maximum atomic E-state index is 13.7. The Hall–Kier alpha value is -2.44. The van der Waals surface area contributed by atoms with Crippen LogP contribution in [0.1, 0.15) is 11.1 Å². The van der Waals surface area contributed by atoms with Crippen molar-refractivity contribution in [3.63, 3.8) is 0 Å². The molecule has 23 heavy (non-hydrogen) atoms. The highest BCUT2D eigenvalue weighted by atomic mass is 31.2. The molecule has 0 bridgehead atoms. The van der Waals surface area contributed by atoms with Crippen molar-refractivity contribution in [2.75, 3.05) is 0 Å². The first-order valence-corrected chi connectivity index (χ1v) is 9.18. The zero-order chi connectivity index (χ0) is 16.1. The Morgan fingerprint density at radius 1 is 0.739 bits per heavy atom. The van der Waals surface area contributed by atoms with Gasteiger partial charge >= 0.3 is 0 Å². The summed E-state index contributed by atoms with van der Waals surface area (Å²) in [5.74, 6) is 0. The molecular formula is C20H18NOP. The number of benzene rings is 3. The van der Waals surface area contributed by atoms with Gasteiger partial charge in [0, 0.05) is 16.8 Å². The van der Waals surface area contributed by atoms with Gasteiger partial charge in [-0.2, -0.15) is 0 Å². The average Bonchev–Trinajstić information content (AvgIpc) is 2.62. The maximum Gasteiger partial charge on any atom is 0.247 e. The van der Waals surface area contributed by atoms with E-state index in [-0.39, 0.29) is 0 Å². The second-order valence-corrected chi connectivity index (χ2v) is 7.82. The fraction of sp³-hybridized carbons (Fsp3) is 0.0500. The molecule has 0 unspecified atom stereocenters.